The van der Waals surface area contributed by atoms with E-state index in [0.29, 0.717) is 5.56 Å². The van der Waals surface area contributed by atoms with Crippen LogP contribution in [0.1, 0.15) is 31.8 Å². The van der Waals surface area contributed by atoms with E-state index in [2.05, 4.69) is 15.9 Å². The number of rotatable bonds is 8. The molecular formula is C23H15BrFNO6S. The fraction of sp³-hybridized carbons (Fsp3) is 0.0435. The number of nitro groups is 1. The molecule has 1 N–H and O–H groups in total. The summed E-state index contributed by atoms with van der Waals surface area (Å²) in [6, 6.07) is 15.1. The molecule has 7 nitrogen and oxygen atoms in total. The van der Waals surface area contributed by atoms with E-state index in [-0.39, 0.29) is 27.3 Å². The van der Waals surface area contributed by atoms with Crippen LogP contribution in [0.25, 0.3) is 6.08 Å². The quantitative estimate of drug-likeness (QED) is 0.181. The van der Waals surface area contributed by atoms with Crippen LogP contribution >= 0.6 is 15.9 Å². The third kappa shape index (κ3) is 6.05. The van der Waals surface area contributed by atoms with Gasteiger partial charge in [-0.15, -0.1) is 0 Å². The zero-order valence-corrected chi connectivity index (χ0v) is 19.1. The zero-order chi connectivity index (χ0) is 24.1. The number of aromatic carboxylic acids is 1. The van der Waals surface area contributed by atoms with Gasteiger partial charge in [0.15, 0.2) is 0 Å². The molecule has 0 saturated carbocycles. The Morgan fingerprint density at radius 1 is 1.03 bits per heavy atom. The molecule has 0 radical (unpaired) electrons. The lowest BCUT2D eigenvalue weighted by atomic mass is 10.1. The highest BCUT2D eigenvalue weighted by molar-refractivity contribution is 9.10. The molecule has 10 heteroatoms. The summed E-state index contributed by atoms with van der Waals surface area (Å²) in [7, 11) is -1.87. The van der Waals surface area contributed by atoms with Crippen molar-refractivity contribution in [3.05, 3.63) is 114 Å². The van der Waals surface area contributed by atoms with E-state index in [9.17, 15) is 28.3 Å². The number of hydrogen-bond donors (Lipinski definition) is 1. The second kappa shape index (κ2) is 10.4. The minimum atomic E-state index is -1.87. The summed E-state index contributed by atoms with van der Waals surface area (Å²) in [5.41, 5.74) is 0.0913. The number of hydrogen-bond acceptors (Lipinski definition) is 5. The lowest BCUT2D eigenvalue weighted by Crippen LogP contribution is -2.11. The summed E-state index contributed by atoms with van der Waals surface area (Å²) in [6.45, 7) is 0. The highest BCUT2D eigenvalue weighted by atomic mass is 79.9. The Morgan fingerprint density at radius 2 is 1.64 bits per heavy atom. The number of allylic oxidation sites excluding steroid dienone is 1. The number of carbonyl (C=O) groups is 2. The van der Waals surface area contributed by atoms with Gasteiger partial charge in [0.05, 0.1) is 31.9 Å². The number of ketones is 1. The van der Waals surface area contributed by atoms with Crippen molar-refractivity contribution >= 4 is 50.2 Å². The van der Waals surface area contributed by atoms with Gasteiger partial charge in [-0.25, -0.2) is 4.79 Å². The minimum Gasteiger partial charge on any atom is -0.478 e. The number of halogens is 2. The Labute approximate surface area is 198 Å². The number of carboxylic acids is 1. The van der Waals surface area contributed by atoms with Crippen molar-refractivity contribution in [3.8, 4) is 0 Å². The van der Waals surface area contributed by atoms with E-state index in [1.165, 1.54) is 36.4 Å². The van der Waals surface area contributed by atoms with E-state index in [0.717, 1.165) is 16.6 Å². The van der Waals surface area contributed by atoms with Crippen molar-refractivity contribution in [3.63, 3.8) is 0 Å². The second-order valence-electron chi connectivity index (χ2n) is 6.80. The lowest BCUT2D eigenvalue weighted by Gasteiger charge is -2.09. The highest BCUT2D eigenvalue weighted by Crippen LogP contribution is 2.24. The van der Waals surface area contributed by atoms with Gasteiger partial charge in [0.2, 0.25) is 11.6 Å². The number of nitro benzene ring substituents is 1. The van der Waals surface area contributed by atoms with Crippen LogP contribution in [0.2, 0.25) is 0 Å². The molecule has 168 valence electrons. The molecule has 3 rings (SSSR count). The van der Waals surface area contributed by atoms with Crippen LogP contribution in [0, 0.1) is 15.9 Å². The molecule has 1 atom stereocenters. The molecule has 0 aliphatic rings. The van der Waals surface area contributed by atoms with Gasteiger partial charge >= 0.3 is 11.7 Å². The molecule has 3 aromatic carbocycles. The van der Waals surface area contributed by atoms with Gasteiger partial charge in [0.1, 0.15) is 0 Å². The van der Waals surface area contributed by atoms with E-state index in [4.69, 9.17) is 5.11 Å². The summed E-state index contributed by atoms with van der Waals surface area (Å²) < 4.78 is 27.7. The molecular weight excluding hydrogens is 517 g/mol. The molecule has 33 heavy (non-hydrogen) atoms. The molecule has 0 saturated heterocycles. The number of nitrogens with zero attached hydrogens (tertiary/aromatic N) is 1. The smallest absolute Gasteiger partial charge is 0.335 e. The van der Waals surface area contributed by atoms with Gasteiger partial charge < -0.3 is 5.11 Å². The monoisotopic (exact) mass is 531 g/mol. The lowest BCUT2D eigenvalue weighted by molar-refractivity contribution is -0.387. The fourth-order valence-corrected chi connectivity index (χ4v) is 4.37. The maximum atomic E-state index is 13.7. The van der Waals surface area contributed by atoms with Crippen LogP contribution < -0.4 is 0 Å². The van der Waals surface area contributed by atoms with Crippen LogP contribution in [-0.4, -0.2) is 26.0 Å². The molecule has 0 fully saturated rings. The highest BCUT2D eigenvalue weighted by Gasteiger charge is 2.21. The average molecular weight is 532 g/mol. The Morgan fingerprint density at radius 3 is 2.21 bits per heavy atom. The summed E-state index contributed by atoms with van der Waals surface area (Å²) in [5, 5.41) is 20.1. The summed E-state index contributed by atoms with van der Waals surface area (Å²) in [4.78, 5) is 34.3. The summed E-state index contributed by atoms with van der Waals surface area (Å²) in [6.07, 6.45) is 1.22. The van der Waals surface area contributed by atoms with E-state index in [1.807, 2.05) is 0 Å². The Balaban J connectivity index is 2.04. The second-order valence-corrected chi connectivity index (χ2v) is 9.14. The molecule has 3 aromatic rings. The number of carbonyl (C=O) groups excluding carboxylic acids is 1. The number of benzene rings is 3. The van der Waals surface area contributed by atoms with Gasteiger partial charge in [0, 0.05) is 16.1 Å². The topological polar surface area (TPSA) is 115 Å². The van der Waals surface area contributed by atoms with Gasteiger partial charge in [-0.3, -0.25) is 19.1 Å². The Hall–Kier alpha value is -3.50. The summed E-state index contributed by atoms with van der Waals surface area (Å²) >= 11 is 3.31. The van der Waals surface area contributed by atoms with Crippen molar-refractivity contribution < 1.29 is 28.2 Å². The van der Waals surface area contributed by atoms with E-state index >= 15 is 0 Å². The molecule has 0 spiro atoms. The first-order valence-corrected chi connectivity index (χ1v) is 11.4. The van der Waals surface area contributed by atoms with E-state index in [1.54, 1.807) is 24.3 Å². The third-order valence-electron chi connectivity index (χ3n) is 4.54. The molecule has 0 aliphatic carbocycles. The maximum Gasteiger partial charge on any atom is 0.335 e. The first kappa shape index (κ1) is 24.1. The van der Waals surface area contributed by atoms with Gasteiger partial charge in [-0.2, -0.15) is 4.39 Å². The molecule has 0 amide bonds. The van der Waals surface area contributed by atoms with Crippen molar-refractivity contribution in [1.29, 1.82) is 0 Å². The van der Waals surface area contributed by atoms with Crippen LogP contribution in [0.5, 0.6) is 0 Å². The minimum absolute atomic E-state index is 0.0125. The molecule has 0 heterocycles. The van der Waals surface area contributed by atoms with E-state index < -0.39 is 39.0 Å². The normalized spacial score (nSPS) is 12.2. The van der Waals surface area contributed by atoms with Crippen molar-refractivity contribution in [2.45, 2.75) is 5.75 Å². The van der Waals surface area contributed by atoms with Gasteiger partial charge in [-0.1, -0.05) is 46.3 Å². The Kier molecular flexibility index (Phi) is 7.62. The van der Waals surface area contributed by atoms with Crippen molar-refractivity contribution in [1.82, 2.24) is 0 Å². The predicted octanol–water partition coefficient (Wildman–Crippen LogP) is 5.37. The average Bonchev–Trinajstić information content (AvgIpc) is 2.79. The maximum absolute atomic E-state index is 13.7. The third-order valence-corrected chi connectivity index (χ3v) is 6.46. The van der Waals surface area contributed by atoms with Crippen LogP contribution in [-0.2, 0) is 16.6 Å². The van der Waals surface area contributed by atoms with Crippen LogP contribution in [0.15, 0.2) is 76.1 Å². The Bertz CT molecular complexity index is 1290. The van der Waals surface area contributed by atoms with Gasteiger partial charge in [0.25, 0.3) is 0 Å². The standard InChI is InChI=1S/C23H15BrFNO6S/c24-18-8-1-14(2-9-18)13-33(32)21(12-15-3-10-19(25)20(11-15)26(30)31)22(27)16-4-6-17(7-5-16)23(28)29/h1-12H,13H2,(H,28,29)/b21-12+. The SMILES string of the molecule is O=C(O)c1ccc(C(=O)/C(=C\c2ccc(F)c([N+](=O)[O-])c2)S(=O)Cc2ccc(Br)cc2)cc1. The zero-order valence-electron chi connectivity index (χ0n) is 16.7. The molecule has 0 bridgehead atoms. The number of carboxylic acid groups (broad SMARTS) is 1. The first-order chi connectivity index (χ1) is 15.7. The fourth-order valence-electron chi connectivity index (χ4n) is 2.86. The number of Topliss-reactive ketones (excluding diaryl/α,β-unsaturated/α-hetero) is 1. The predicted molar refractivity (Wildman–Crippen MR) is 125 cm³/mol. The van der Waals surface area contributed by atoms with Crippen LogP contribution in [0.3, 0.4) is 0 Å². The first-order valence-electron chi connectivity index (χ1n) is 9.32. The largest absolute Gasteiger partial charge is 0.478 e. The van der Waals surface area contributed by atoms with Crippen molar-refractivity contribution in [2.75, 3.05) is 0 Å². The molecule has 0 aromatic heterocycles. The molecule has 0 aliphatic heterocycles. The van der Waals surface area contributed by atoms with Gasteiger partial charge in [-0.05, 0) is 47.5 Å². The summed E-state index contributed by atoms with van der Waals surface area (Å²) in [5.74, 6) is -2.86. The van der Waals surface area contributed by atoms with Crippen molar-refractivity contribution in [2.24, 2.45) is 0 Å². The van der Waals surface area contributed by atoms with Crippen LogP contribution in [0.4, 0.5) is 10.1 Å². The molecule has 1 unspecified atom stereocenters.